The maximum atomic E-state index is 12.1. The maximum absolute atomic E-state index is 12.1. The molecular formula is C21H22N8O2. The molecule has 0 atom stereocenters. The van der Waals surface area contributed by atoms with Crippen molar-refractivity contribution in [3.63, 3.8) is 0 Å². The Morgan fingerprint density at radius 1 is 1.23 bits per heavy atom. The van der Waals surface area contributed by atoms with Crippen LogP contribution in [-0.4, -0.2) is 35.2 Å². The Bertz CT molecular complexity index is 1080. The van der Waals surface area contributed by atoms with Gasteiger partial charge in [-0.05, 0) is 37.3 Å². The van der Waals surface area contributed by atoms with Crippen LogP contribution in [0.4, 0.5) is 11.4 Å². The Kier molecular flexibility index (Phi) is 7.91. The van der Waals surface area contributed by atoms with E-state index >= 15 is 0 Å². The molecule has 1 aromatic heterocycles. The van der Waals surface area contributed by atoms with Crippen molar-refractivity contribution < 1.29 is 9.53 Å². The number of aromatic nitrogens is 1. The standard InChI is InChI=1S/C21H22N8O2/c1-2-13(9-22)20(30)28-16-5-3-4-14(8-16)19(25)31-21(26)29-17-6-7-18(27-12-17)15(10-23)11-24/h2-12,22-23,25H,24H2,1H3,(H2,26,29)(H,28,30)/b13-2+,15-11?,22-9?,23-10?,25-19?. The molecule has 0 spiro atoms. The Hall–Kier alpha value is -4.60. The van der Waals surface area contributed by atoms with E-state index in [0.29, 0.717) is 28.2 Å². The van der Waals surface area contributed by atoms with Crippen LogP contribution in [0.3, 0.4) is 0 Å². The molecule has 0 aliphatic heterocycles. The lowest BCUT2D eigenvalue weighted by atomic mass is 10.2. The average molecular weight is 418 g/mol. The summed E-state index contributed by atoms with van der Waals surface area (Å²) in [6.07, 6.45) is 6.28. The van der Waals surface area contributed by atoms with Crippen molar-refractivity contribution in [3.8, 4) is 0 Å². The van der Waals surface area contributed by atoms with E-state index in [-0.39, 0.29) is 17.5 Å². The number of ether oxygens (including phenoxy) is 1. The summed E-state index contributed by atoms with van der Waals surface area (Å²) in [5, 5.41) is 25.2. The van der Waals surface area contributed by atoms with Crippen molar-refractivity contribution in [1.82, 2.24) is 4.98 Å². The Morgan fingerprint density at radius 2 is 2.00 bits per heavy atom. The molecule has 10 nitrogen and oxygen atoms in total. The van der Waals surface area contributed by atoms with Crippen LogP contribution in [0.15, 0.2) is 65.4 Å². The highest BCUT2D eigenvalue weighted by Gasteiger charge is 2.10. The Labute approximate surface area is 178 Å². The molecule has 0 fully saturated rings. The third-order valence-electron chi connectivity index (χ3n) is 3.94. The molecule has 8 N–H and O–H groups in total. The zero-order valence-electron chi connectivity index (χ0n) is 16.7. The van der Waals surface area contributed by atoms with E-state index in [2.05, 4.69) is 15.3 Å². The van der Waals surface area contributed by atoms with Gasteiger partial charge in [-0.15, -0.1) is 0 Å². The molecule has 1 heterocycles. The zero-order valence-corrected chi connectivity index (χ0v) is 16.7. The van der Waals surface area contributed by atoms with Crippen LogP contribution < -0.4 is 16.8 Å². The number of pyridine rings is 1. The molecule has 158 valence electrons. The molecule has 0 aliphatic rings. The normalized spacial score (nSPS) is 12.1. The lowest BCUT2D eigenvalue weighted by Gasteiger charge is -2.09. The van der Waals surface area contributed by atoms with Crippen LogP contribution in [0.5, 0.6) is 0 Å². The number of hydrogen-bond acceptors (Lipinski definition) is 8. The second-order valence-electron chi connectivity index (χ2n) is 5.97. The predicted molar refractivity (Wildman–Crippen MR) is 122 cm³/mol. The number of nitrogens with zero attached hydrogens (tertiary/aromatic N) is 2. The molecule has 0 saturated heterocycles. The molecule has 0 unspecified atom stereocenters. The third kappa shape index (κ3) is 6.19. The number of hydrogen-bond donors (Lipinski definition) is 6. The summed E-state index contributed by atoms with van der Waals surface area (Å²) in [6.45, 7) is 1.66. The van der Waals surface area contributed by atoms with Crippen LogP contribution in [-0.2, 0) is 9.53 Å². The molecule has 10 heteroatoms. The minimum atomic E-state index is -0.435. The first-order valence-corrected chi connectivity index (χ1v) is 8.99. The fourth-order valence-corrected chi connectivity index (χ4v) is 2.37. The molecule has 1 aromatic carbocycles. The van der Waals surface area contributed by atoms with Gasteiger partial charge < -0.3 is 32.3 Å². The first-order chi connectivity index (χ1) is 14.9. The predicted octanol–water partition coefficient (Wildman–Crippen LogP) is 2.55. The van der Waals surface area contributed by atoms with Gasteiger partial charge in [-0.3, -0.25) is 15.2 Å². The maximum Gasteiger partial charge on any atom is 0.294 e. The monoisotopic (exact) mass is 418 g/mol. The topological polar surface area (TPSA) is 187 Å². The van der Waals surface area contributed by atoms with Crippen molar-refractivity contribution in [3.05, 3.63) is 71.7 Å². The van der Waals surface area contributed by atoms with Crippen molar-refractivity contribution in [1.29, 1.82) is 16.2 Å². The number of rotatable bonds is 7. The molecule has 1 amide bonds. The van der Waals surface area contributed by atoms with E-state index in [0.717, 1.165) is 12.4 Å². The molecular weight excluding hydrogens is 396 g/mol. The van der Waals surface area contributed by atoms with Crippen LogP contribution in [0.25, 0.3) is 5.57 Å². The number of aliphatic imine (C=N–C) groups is 1. The first kappa shape index (κ1) is 22.7. The van der Waals surface area contributed by atoms with Gasteiger partial charge in [0, 0.05) is 35.5 Å². The summed E-state index contributed by atoms with van der Waals surface area (Å²) >= 11 is 0. The fourth-order valence-electron chi connectivity index (χ4n) is 2.37. The second kappa shape index (κ2) is 10.8. The number of carbonyl (C=O) groups is 1. The molecule has 0 aliphatic carbocycles. The smallest absolute Gasteiger partial charge is 0.294 e. The molecule has 2 aromatic rings. The number of anilines is 1. The average Bonchev–Trinajstić information content (AvgIpc) is 2.76. The van der Waals surface area contributed by atoms with E-state index < -0.39 is 5.91 Å². The largest absolute Gasteiger partial charge is 0.407 e. The number of nitrogens with one attached hydrogen (secondary N) is 4. The van der Waals surface area contributed by atoms with Crippen LogP contribution >= 0.6 is 0 Å². The van der Waals surface area contributed by atoms with E-state index in [4.69, 9.17) is 32.4 Å². The van der Waals surface area contributed by atoms with Crippen molar-refractivity contribution in [2.24, 2.45) is 16.5 Å². The molecule has 0 saturated carbocycles. The SMILES string of the molecule is C/C=C(\C=N)C(=O)Nc1cccc(C(=N)OC(N)=Nc2ccc(C(C=N)=CN)nc2)c1. The quantitative estimate of drug-likeness (QED) is 0.228. The van der Waals surface area contributed by atoms with Gasteiger partial charge in [-0.1, -0.05) is 12.1 Å². The van der Waals surface area contributed by atoms with Gasteiger partial charge >= 0.3 is 0 Å². The molecule has 0 bridgehead atoms. The highest BCUT2D eigenvalue weighted by molar-refractivity contribution is 6.17. The molecule has 2 rings (SSSR count). The minimum Gasteiger partial charge on any atom is -0.407 e. The Morgan fingerprint density at radius 3 is 2.58 bits per heavy atom. The summed E-state index contributed by atoms with van der Waals surface area (Å²) in [7, 11) is 0. The van der Waals surface area contributed by atoms with Gasteiger partial charge in [0.15, 0.2) is 0 Å². The third-order valence-corrected chi connectivity index (χ3v) is 3.94. The van der Waals surface area contributed by atoms with E-state index in [1.807, 2.05) is 0 Å². The van der Waals surface area contributed by atoms with Crippen LogP contribution in [0.1, 0.15) is 18.2 Å². The number of nitrogens with two attached hydrogens (primary N) is 2. The van der Waals surface area contributed by atoms with Gasteiger partial charge in [0.2, 0.25) is 5.90 Å². The fraction of sp³-hybridized carbons (Fsp3) is 0.0476. The molecule has 0 radical (unpaired) electrons. The van der Waals surface area contributed by atoms with Crippen LogP contribution in [0.2, 0.25) is 0 Å². The summed E-state index contributed by atoms with van der Waals surface area (Å²) in [5.41, 5.74) is 13.6. The van der Waals surface area contributed by atoms with Crippen molar-refractivity contribution in [2.45, 2.75) is 6.92 Å². The lowest BCUT2D eigenvalue weighted by molar-refractivity contribution is -0.112. The van der Waals surface area contributed by atoms with Crippen molar-refractivity contribution >= 4 is 47.2 Å². The number of allylic oxidation sites excluding steroid dienone is 2. The van der Waals surface area contributed by atoms with E-state index in [1.54, 1.807) is 43.3 Å². The van der Waals surface area contributed by atoms with Crippen LogP contribution in [0, 0.1) is 16.2 Å². The number of amidine groups is 1. The lowest BCUT2D eigenvalue weighted by Crippen LogP contribution is -2.21. The zero-order chi connectivity index (χ0) is 22.8. The summed E-state index contributed by atoms with van der Waals surface area (Å²) in [4.78, 5) is 20.3. The summed E-state index contributed by atoms with van der Waals surface area (Å²) < 4.78 is 5.27. The van der Waals surface area contributed by atoms with E-state index in [1.165, 1.54) is 18.5 Å². The summed E-state index contributed by atoms with van der Waals surface area (Å²) in [5.74, 6) is -0.702. The number of carbonyl (C=O) groups excluding carboxylic acids is 1. The number of amides is 1. The van der Waals surface area contributed by atoms with Gasteiger partial charge in [-0.25, -0.2) is 0 Å². The second-order valence-corrected chi connectivity index (χ2v) is 5.97. The van der Waals surface area contributed by atoms with Gasteiger partial charge in [0.05, 0.1) is 23.2 Å². The first-order valence-electron chi connectivity index (χ1n) is 8.99. The Balaban J connectivity index is 2.10. The van der Waals surface area contributed by atoms with E-state index in [9.17, 15) is 4.79 Å². The minimum absolute atomic E-state index is 0.211. The van der Waals surface area contributed by atoms with Gasteiger partial charge in [0.1, 0.15) is 0 Å². The number of benzene rings is 1. The van der Waals surface area contributed by atoms with Gasteiger partial charge in [-0.2, -0.15) is 4.99 Å². The highest BCUT2D eigenvalue weighted by atomic mass is 16.5. The highest BCUT2D eigenvalue weighted by Crippen LogP contribution is 2.16. The van der Waals surface area contributed by atoms with Gasteiger partial charge in [0.25, 0.3) is 11.9 Å². The molecule has 31 heavy (non-hydrogen) atoms. The summed E-state index contributed by atoms with van der Waals surface area (Å²) in [6, 6.07) is 9.43. The van der Waals surface area contributed by atoms with Crippen molar-refractivity contribution in [2.75, 3.05) is 5.32 Å².